The minimum absolute atomic E-state index is 0.708. The molecule has 1 aromatic heterocycles. The molecule has 0 radical (unpaired) electrons. The minimum atomic E-state index is 0.708. The molecule has 0 saturated heterocycles. The molecule has 7 rings (SSSR count). The van der Waals surface area contributed by atoms with E-state index in [1.165, 1.54) is 21.2 Å². The smallest absolute Gasteiger partial charge is 0.160 e. The third-order valence-corrected chi connectivity index (χ3v) is 7.79. The van der Waals surface area contributed by atoms with Crippen molar-refractivity contribution in [3.8, 4) is 33.9 Å². The highest BCUT2D eigenvalue weighted by molar-refractivity contribution is 7.99. The van der Waals surface area contributed by atoms with E-state index in [-0.39, 0.29) is 0 Å². The fourth-order valence-corrected chi connectivity index (χ4v) is 5.91. The summed E-state index contributed by atoms with van der Waals surface area (Å²) in [4.78, 5) is 14.9. The number of hydrogen-bond acceptors (Lipinski definition) is 4. The maximum atomic E-state index is 5.04. The van der Waals surface area contributed by atoms with Crippen LogP contribution in [0.4, 0.5) is 17.1 Å². The average Bonchev–Trinajstić information content (AvgIpc) is 3.00. The lowest BCUT2D eigenvalue weighted by atomic mass is 10.1. The van der Waals surface area contributed by atoms with Gasteiger partial charge < -0.3 is 4.90 Å². The molecule has 4 heteroatoms. The number of nitrogens with zero attached hydrogens (tertiary/aromatic N) is 3. The van der Waals surface area contributed by atoms with Crippen molar-refractivity contribution in [2.75, 3.05) is 4.90 Å². The van der Waals surface area contributed by atoms with Crippen molar-refractivity contribution in [3.63, 3.8) is 0 Å². The SMILES string of the molecule is c1ccc(-c2cc(-c3ccccc3)nc(-c3cccc(N4c5ccccc5Sc5ccccc54)c3)n2)cc1. The summed E-state index contributed by atoms with van der Waals surface area (Å²) in [6, 6.07) is 48.4. The molecule has 0 N–H and O–H groups in total. The van der Waals surface area contributed by atoms with Crippen LogP contribution in [0.1, 0.15) is 0 Å². The van der Waals surface area contributed by atoms with E-state index in [4.69, 9.17) is 9.97 Å². The van der Waals surface area contributed by atoms with Crippen LogP contribution in [0.15, 0.2) is 149 Å². The van der Waals surface area contributed by atoms with Gasteiger partial charge in [0.1, 0.15) is 0 Å². The highest BCUT2D eigenvalue weighted by Gasteiger charge is 2.24. The van der Waals surface area contributed by atoms with E-state index >= 15 is 0 Å². The van der Waals surface area contributed by atoms with E-state index in [2.05, 4.69) is 108 Å². The van der Waals surface area contributed by atoms with Gasteiger partial charge in [-0.25, -0.2) is 9.97 Å². The first kappa shape index (κ1) is 22.5. The van der Waals surface area contributed by atoms with E-state index < -0.39 is 0 Å². The highest BCUT2D eigenvalue weighted by atomic mass is 32.2. The molecular formula is C34H23N3S. The summed E-state index contributed by atoms with van der Waals surface area (Å²) >= 11 is 1.81. The standard InChI is InChI=1S/C34H23N3S/c1-3-12-24(13-4-1)28-23-29(25-14-5-2-6-15-25)36-34(35-28)26-16-11-17-27(22-26)37-30-18-7-9-20-32(30)38-33-21-10-8-19-31(33)37/h1-23H. The Kier molecular flexibility index (Phi) is 5.72. The van der Waals surface area contributed by atoms with E-state index in [0.717, 1.165) is 33.8 Å². The first-order chi connectivity index (χ1) is 18.8. The second kappa shape index (κ2) is 9.66. The largest absolute Gasteiger partial charge is 0.308 e. The van der Waals surface area contributed by atoms with Gasteiger partial charge in [-0.05, 0) is 42.5 Å². The predicted molar refractivity (Wildman–Crippen MR) is 157 cm³/mol. The number of rotatable bonds is 4. The molecule has 0 unspecified atom stereocenters. The van der Waals surface area contributed by atoms with Crippen molar-refractivity contribution in [3.05, 3.63) is 140 Å². The molecule has 0 amide bonds. The molecular weight excluding hydrogens is 482 g/mol. The van der Waals surface area contributed by atoms with Crippen LogP contribution in [-0.2, 0) is 0 Å². The van der Waals surface area contributed by atoms with Crippen LogP contribution in [0.2, 0.25) is 0 Å². The van der Waals surface area contributed by atoms with Gasteiger partial charge in [0.05, 0.1) is 22.8 Å². The summed E-state index contributed by atoms with van der Waals surface area (Å²) in [7, 11) is 0. The van der Waals surface area contributed by atoms with Crippen molar-refractivity contribution in [1.29, 1.82) is 0 Å². The zero-order valence-corrected chi connectivity index (χ0v) is 21.3. The first-order valence-electron chi connectivity index (χ1n) is 12.6. The Morgan fingerprint density at radius 3 is 1.53 bits per heavy atom. The zero-order valence-electron chi connectivity index (χ0n) is 20.5. The molecule has 1 aliphatic rings. The Bertz CT molecular complexity index is 1650. The molecule has 0 aliphatic carbocycles. The number of para-hydroxylation sites is 2. The van der Waals surface area contributed by atoms with Gasteiger partial charge in [0.25, 0.3) is 0 Å². The highest BCUT2D eigenvalue weighted by Crippen LogP contribution is 2.51. The Hall–Kier alpha value is -4.67. The molecule has 0 saturated carbocycles. The van der Waals surface area contributed by atoms with Crippen molar-refractivity contribution < 1.29 is 0 Å². The van der Waals surface area contributed by atoms with Gasteiger partial charge in [0, 0.05) is 32.2 Å². The van der Waals surface area contributed by atoms with Crippen molar-refractivity contribution in [2.45, 2.75) is 9.79 Å². The van der Waals surface area contributed by atoms with Gasteiger partial charge in [-0.3, -0.25) is 0 Å². The molecule has 180 valence electrons. The molecule has 5 aromatic carbocycles. The van der Waals surface area contributed by atoms with Crippen LogP contribution < -0.4 is 4.90 Å². The van der Waals surface area contributed by atoms with Crippen LogP contribution in [0.25, 0.3) is 33.9 Å². The zero-order chi connectivity index (χ0) is 25.3. The van der Waals surface area contributed by atoms with Crippen LogP contribution >= 0.6 is 11.8 Å². The van der Waals surface area contributed by atoms with Crippen LogP contribution in [0.3, 0.4) is 0 Å². The molecule has 3 nitrogen and oxygen atoms in total. The lowest BCUT2D eigenvalue weighted by Crippen LogP contribution is -2.14. The number of hydrogen-bond donors (Lipinski definition) is 0. The fourth-order valence-electron chi connectivity index (χ4n) is 4.86. The Labute approximate surface area is 226 Å². The van der Waals surface area contributed by atoms with Gasteiger partial charge in [0.15, 0.2) is 5.82 Å². The number of benzene rings is 5. The summed E-state index contributed by atoms with van der Waals surface area (Å²) in [5.41, 5.74) is 8.37. The number of aromatic nitrogens is 2. The van der Waals surface area contributed by atoms with Gasteiger partial charge in [0.2, 0.25) is 0 Å². The molecule has 38 heavy (non-hydrogen) atoms. The monoisotopic (exact) mass is 505 g/mol. The third kappa shape index (κ3) is 4.15. The summed E-state index contributed by atoms with van der Waals surface area (Å²) in [5, 5.41) is 0. The van der Waals surface area contributed by atoms with E-state index in [1.807, 2.05) is 48.2 Å². The summed E-state index contributed by atoms with van der Waals surface area (Å²) in [5.74, 6) is 0.708. The average molecular weight is 506 g/mol. The van der Waals surface area contributed by atoms with Crippen LogP contribution in [-0.4, -0.2) is 9.97 Å². The van der Waals surface area contributed by atoms with Gasteiger partial charge in [-0.15, -0.1) is 0 Å². The quantitative estimate of drug-likeness (QED) is 0.238. The number of fused-ring (bicyclic) bond motifs is 2. The van der Waals surface area contributed by atoms with E-state index in [9.17, 15) is 0 Å². The van der Waals surface area contributed by atoms with Crippen molar-refractivity contribution in [2.24, 2.45) is 0 Å². The second-order valence-electron chi connectivity index (χ2n) is 9.12. The van der Waals surface area contributed by atoms with Gasteiger partial charge >= 0.3 is 0 Å². The second-order valence-corrected chi connectivity index (χ2v) is 10.2. The minimum Gasteiger partial charge on any atom is -0.308 e. The molecule has 6 aromatic rings. The maximum Gasteiger partial charge on any atom is 0.160 e. The lowest BCUT2D eigenvalue weighted by molar-refractivity contribution is 1.16. The summed E-state index contributed by atoms with van der Waals surface area (Å²) < 4.78 is 0. The molecule has 0 spiro atoms. The van der Waals surface area contributed by atoms with Gasteiger partial charge in [-0.2, -0.15) is 0 Å². The Balaban J connectivity index is 1.39. The lowest BCUT2D eigenvalue weighted by Gasteiger charge is -2.33. The molecule has 1 aliphatic heterocycles. The third-order valence-electron chi connectivity index (χ3n) is 6.66. The topological polar surface area (TPSA) is 29.0 Å². The van der Waals surface area contributed by atoms with E-state index in [0.29, 0.717) is 5.82 Å². The normalized spacial score (nSPS) is 12.1. The Morgan fingerprint density at radius 1 is 0.447 bits per heavy atom. The van der Waals surface area contributed by atoms with E-state index in [1.54, 1.807) is 0 Å². The predicted octanol–water partition coefficient (Wildman–Crippen LogP) is 9.41. The van der Waals surface area contributed by atoms with Crippen molar-refractivity contribution in [1.82, 2.24) is 9.97 Å². The molecule has 2 heterocycles. The van der Waals surface area contributed by atoms with Crippen molar-refractivity contribution >= 4 is 28.8 Å². The summed E-state index contributed by atoms with van der Waals surface area (Å²) in [6.07, 6.45) is 0. The Morgan fingerprint density at radius 2 is 0.947 bits per heavy atom. The van der Waals surface area contributed by atoms with Gasteiger partial charge in [-0.1, -0.05) is 109 Å². The molecule has 0 atom stereocenters. The fraction of sp³-hybridized carbons (Fsp3) is 0. The molecule has 0 bridgehead atoms. The van der Waals surface area contributed by atoms with Crippen LogP contribution in [0, 0.1) is 0 Å². The first-order valence-corrected chi connectivity index (χ1v) is 13.4. The molecule has 0 fully saturated rings. The number of anilines is 3. The summed E-state index contributed by atoms with van der Waals surface area (Å²) in [6.45, 7) is 0. The van der Waals surface area contributed by atoms with Crippen LogP contribution in [0.5, 0.6) is 0 Å². The maximum absolute atomic E-state index is 5.04.